The largest absolute Gasteiger partial charge is 0.324 e. The van der Waals surface area contributed by atoms with Crippen molar-refractivity contribution in [1.82, 2.24) is 10.2 Å². The molecule has 27 heavy (non-hydrogen) atoms. The van der Waals surface area contributed by atoms with Gasteiger partial charge in [0.05, 0.1) is 11.8 Å². The molecule has 2 fully saturated rings. The van der Waals surface area contributed by atoms with Gasteiger partial charge < -0.3 is 5.32 Å². The lowest BCUT2D eigenvalue weighted by Gasteiger charge is -2.35. The maximum atomic E-state index is 13.5. The van der Waals surface area contributed by atoms with E-state index < -0.39 is 22.9 Å². The quantitative estimate of drug-likeness (QED) is 0.667. The number of likely N-dealkylation sites (tertiary alicyclic amines) is 1. The molecule has 3 aliphatic heterocycles. The van der Waals surface area contributed by atoms with Crippen molar-refractivity contribution in [2.45, 2.75) is 51.7 Å². The number of carbonyl (C=O) groups excluding carboxylic acids is 3. The summed E-state index contributed by atoms with van der Waals surface area (Å²) in [5, 5.41) is 6.35. The lowest BCUT2D eigenvalue weighted by Crippen LogP contribution is -2.56. The van der Waals surface area contributed by atoms with E-state index in [0.29, 0.717) is 5.69 Å². The number of amides is 3. The number of hydrogen-bond donors (Lipinski definition) is 2. The number of halogens is 1. The molecule has 1 aromatic rings. The van der Waals surface area contributed by atoms with Crippen LogP contribution < -0.4 is 10.6 Å². The van der Waals surface area contributed by atoms with Crippen molar-refractivity contribution in [1.29, 1.82) is 0 Å². The number of nitrogens with zero attached hydrogens (tertiary/aromatic N) is 1. The Kier molecular flexibility index (Phi) is 3.89. The van der Waals surface area contributed by atoms with E-state index in [0.717, 1.165) is 10.0 Å². The number of anilines is 1. The van der Waals surface area contributed by atoms with E-state index in [1.807, 2.05) is 52.8 Å². The van der Waals surface area contributed by atoms with Gasteiger partial charge in [-0.2, -0.15) is 0 Å². The number of imide groups is 1. The molecule has 3 aliphatic rings. The van der Waals surface area contributed by atoms with Gasteiger partial charge in [-0.1, -0.05) is 29.8 Å². The second kappa shape index (κ2) is 5.64. The molecule has 0 bridgehead atoms. The molecule has 0 radical (unpaired) electrons. The van der Waals surface area contributed by atoms with Gasteiger partial charge in [-0.25, -0.2) is 0 Å². The maximum Gasteiger partial charge on any atom is 0.250 e. The van der Waals surface area contributed by atoms with Crippen molar-refractivity contribution in [3.63, 3.8) is 0 Å². The first-order chi connectivity index (χ1) is 12.5. The van der Waals surface area contributed by atoms with Crippen LogP contribution in [0.3, 0.4) is 0 Å². The van der Waals surface area contributed by atoms with E-state index in [-0.39, 0.29) is 29.7 Å². The first-order valence-electron chi connectivity index (χ1n) is 9.27. The van der Waals surface area contributed by atoms with Crippen molar-refractivity contribution in [2.24, 2.45) is 17.8 Å². The van der Waals surface area contributed by atoms with Gasteiger partial charge in [0, 0.05) is 27.3 Å². The Morgan fingerprint density at radius 3 is 2.41 bits per heavy atom. The Balaban J connectivity index is 1.95. The first-order valence-corrected chi connectivity index (χ1v) is 10.1. The predicted octanol–water partition coefficient (Wildman–Crippen LogP) is 2.62. The summed E-state index contributed by atoms with van der Waals surface area (Å²) in [5.41, 5.74) is -0.424. The predicted molar refractivity (Wildman–Crippen MR) is 105 cm³/mol. The first kappa shape index (κ1) is 18.6. The van der Waals surface area contributed by atoms with Crippen molar-refractivity contribution >= 4 is 39.3 Å². The maximum absolute atomic E-state index is 13.5. The Labute approximate surface area is 167 Å². The van der Waals surface area contributed by atoms with E-state index in [1.54, 1.807) is 0 Å². The van der Waals surface area contributed by atoms with Crippen LogP contribution in [0.4, 0.5) is 5.69 Å². The molecule has 0 saturated carbocycles. The van der Waals surface area contributed by atoms with Gasteiger partial charge >= 0.3 is 0 Å². The zero-order valence-corrected chi connectivity index (χ0v) is 17.7. The average Bonchev–Trinajstić information content (AvgIpc) is 3.13. The van der Waals surface area contributed by atoms with E-state index in [1.165, 1.54) is 4.90 Å². The standard InChI is InChI=1S/C20H24BrN3O3/c1-9(2)15-13-14(17(26)24(16(13)25)19(3,4)5)20(23-15)11-8-10(21)6-7-12(11)22-18(20)27/h6-9,13-15,23H,1-5H3,(H,22,27)/t13-,14-,15?,20?/m0/s1. The van der Waals surface area contributed by atoms with Crippen LogP contribution in [0.5, 0.6) is 0 Å². The molecular formula is C20H24BrN3O3. The number of fused-ring (bicyclic) bond motifs is 4. The van der Waals surface area contributed by atoms with E-state index >= 15 is 0 Å². The van der Waals surface area contributed by atoms with Gasteiger partial charge in [0.25, 0.3) is 0 Å². The van der Waals surface area contributed by atoms with E-state index in [4.69, 9.17) is 0 Å². The smallest absolute Gasteiger partial charge is 0.250 e. The Bertz CT molecular complexity index is 876. The summed E-state index contributed by atoms with van der Waals surface area (Å²) < 4.78 is 0.827. The van der Waals surface area contributed by atoms with Gasteiger partial charge in [0.1, 0.15) is 5.54 Å². The summed E-state index contributed by atoms with van der Waals surface area (Å²) in [4.78, 5) is 41.4. The van der Waals surface area contributed by atoms with E-state index in [2.05, 4.69) is 26.6 Å². The van der Waals surface area contributed by atoms with Gasteiger partial charge in [-0.05, 0) is 44.9 Å². The molecule has 1 spiro atoms. The number of rotatable bonds is 1. The monoisotopic (exact) mass is 433 g/mol. The Hall–Kier alpha value is -1.73. The molecule has 3 heterocycles. The van der Waals surface area contributed by atoms with Crippen molar-refractivity contribution in [2.75, 3.05) is 5.32 Å². The minimum atomic E-state index is -1.22. The van der Waals surface area contributed by atoms with Gasteiger partial charge in [0.2, 0.25) is 17.7 Å². The summed E-state index contributed by atoms with van der Waals surface area (Å²) in [7, 11) is 0. The number of hydrogen-bond acceptors (Lipinski definition) is 4. The van der Waals surface area contributed by atoms with Crippen LogP contribution in [0.2, 0.25) is 0 Å². The third-order valence-corrected chi connectivity index (χ3v) is 6.49. The lowest BCUT2D eigenvalue weighted by atomic mass is 9.76. The summed E-state index contributed by atoms with van der Waals surface area (Å²) in [6, 6.07) is 5.30. The van der Waals surface area contributed by atoms with Gasteiger partial charge in [0.15, 0.2) is 0 Å². The molecule has 2 N–H and O–H groups in total. The average molecular weight is 434 g/mol. The minimum Gasteiger partial charge on any atom is -0.324 e. The zero-order valence-electron chi connectivity index (χ0n) is 16.1. The van der Waals surface area contributed by atoms with Crippen LogP contribution in [0.15, 0.2) is 22.7 Å². The minimum absolute atomic E-state index is 0.0950. The lowest BCUT2D eigenvalue weighted by molar-refractivity contribution is -0.148. The van der Waals surface area contributed by atoms with Crippen molar-refractivity contribution in [3.05, 3.63) is 28.2 Å². The molecule has 7 heteroatoms. The SMILES string of the molecule is CC(C)C1NC2(C(=O)Nc3ccc(Br)cc32)[C@@H]2C(=O)N(C(C)(C)C)C(=O)[C@H]12. The van der Waals surface area contributed by atoms with Crippen LogP contribution in [-0.4, -0.2) is 34.2 Å². The molecule has 2 unspecified atom stereocenters. The molecule has 144 valence electrons. The fourth-order valence-electron chi connectivity index (χ4n) is 4.94. The summed E-state index contributed by atoms with van der Waals surface area (Å²) in [6.07, 6.45) is 0. The highest BCUT2D eigenvalue weighted by Crippen LogP contribution is 2.55. The Morgan fingerprint density at radius 2 is 1.81 bits per heavy atom. The summed E-state index contributed by atoms with van der Waals surface area (Å²) >= 11 is 3.47. The highest BCUT2D eigenvalue weighted by molar-refractivity contribution is 9.10. The normalized spacial score (nSPS) is 32.5. The molecule has 0 aromatic heterocycles. The molecule has 4 rings (SSSR count). The highest BCUT2D eigenvalue weighted by Gasteiger charge is 2.71. The number of benzene rings is 1. The Morgan fingerprint density at radius 1 is 1.15 bits per heavy atom. The molecular weight excluding hydrogens is 410 g/mol. The van der Waals surface area contributed by atoms with Crippen LogP contribution >= 0.6 is 15.9 Å². The fraction of sp³-hybridized carbons (Fsp3) is 0.550. The second-order valence-electron chi connectivity index (χ2n) is 9.05. The molecule has 1 aromatic carbocycles. The van der Waals surface area contributed by atoms with Crippen LogP contribution in [0, 0.1) is 17.8 Å². The third kappa shape index (κ3) is 2.30. The van der Waals surface area contributed by atoms with Crippen molar-refractivity contribution in [3.8, 4) is 0 Å². The van der Waals surface area contributed by atoms with Crippen molar-refractivity contribution < 1.29 is 14.4 Å². The van der Waals surface area contributed by atoms with Crippen LogP contribution in [0.1, 0.15) is 40.2 Å². The van der Waals surface area contributed by atoms with Gasteiger partial charge in [-0.3, -0.25) is 24.6 Å². The molecule has 2 saturated heterocycles. The summed E-state index contributed by atoms with van der Waals surface area (Å²) in [6.45, 7) is 9.59. The molecule has 3 amide bonds. The highest BCUT2D eigenvalue weighted by atomic mass is 79.9. The fourth-order valence-corrected chi connectivity index (χ4v) is 5.30. The second-order valence-corrected chi connectivity index (χ2v) is 9.97. The van der Waals surface area contributed by atoms with Crippen LogP contribution in [0.25, 0.3) is 0 Å². The number of carbonyl (C=O) groups is 3. The molecule has 6 nitrogen and oxygen atoms in total. The molecule has 4 atom stereocenters. The van der Waals surface area contributed by atoms with Crippen LogP contribution in [-0.2, 0) is 19.9 Å². The topological polar surface area (TPSA) is 78.5 Å². The third-order valence-electron chi connectivity index (χ3n) is 6.00. The molecule has 0 aliphatic carbocycles. The van der Waals surface area contributed by atoms with E-state index in [9.17, 15) is 14.4 Å². The number of nitrogens with one attached hydrogen (secondary N) is 2. The van der Waals surface area contributed by atoms with Gasteiger partial charge in [-0.15, -0.1) is 0 Å². The zero-order chi connectivity index (χ0) is 19.9. The summed E-state index contributed by atoms with van der Waals surface area (Å²) in [5.74, 6) is -1.91.